The van der Waals surface area contributed by atoms with Crippen molar-refractivity contribution < 1.29 is 18.4 Å². The maximum absolute atomic E-state index is 13.8. The lowest BCUT2D eigenvalue weighted by Crippen LogP contribution is -2.50. The number of nitrogens with zero attached hydrogens (tertiary/aromatic N) is 2. The Morgan fingerprint density at radius 3 is 2.41 bits per heavy atom. The van der Waals surface area contributed by atoms with Gasteiger partial charge in [0.1, 0.15) is 0 Å². The van der Waals surface area contributed by atoms with Crippen molar-refractivity contribution in [3.05, 3.63) is 65.2 Å². The van der Waals surface area contributed by atoms with Crippen LogP contribution in [0.25, 0.3) is 0 Å². The quantitative estimate of drug-likeness (QED) is 0.795. The molecule has 168 valence electrons. The van der Waals surface area contributed by atoms with Crippen LogP contribution in [0.3, 0.4) is 0 Å². The van der Waals surface area contributed by atoms with Crippen LogP contribution in [0, 0.1) is 0 Å². The number of hydrogen-bond acceptors (Lipinski definition) is 3. The summed E-state index contributed by atoms with van der Waals surface area (Å²) in [4.78, 5) is 29.6. The van der Waals surface area contributed by atoms with Crippen LogP contribution in [0.1, 0.15) is 47.9 Å². The number of alkyl halides is 2. The molecule has 0 saturated carbocycles. The molecule has 2 aromatic carbocycles. The topological polar surface area (TPSA) is 52.7 Å². The van der Waals surface area contributed by atoms with E-state index in [9.17, 15) is 18.4 Å². The number of anilines is 1. The third-order valence-corrected chi connectivity index (χ3v) is 7.19. The Hall–Kier alpha value is -2.80. The first-order valence-electron chi connectivity index (χ1n) is 11.2. The summed E-state index contributed by atoms with van der Waals surface area (Å²) >= 11 is 0. The van der Waals surface area contributed by atoms with Gasteiger partial charge in [-0.1, -0.05) is 42.5 Å². The second-order valence-corrected chi connectivity index (χ2v) is 9.12. The largest absolute Gasteiger partial charge is 0.351 e. The van der Waals surface area contributed by atoms with Crippen LogP contribution in [-0.4, -0.2) is 48.8 Å². The number of fused-ring (bicyclic) bond motifs is 2. The van der Waals surface area contributed by atoms with Crippen LogP contribution in [0.15, 0.2) is 48.5 Å². The van der Waals surface area contributed by atoms with Gasteiger partial charge < -0.3 is 10.2 Å². The fourth-order valence-corrected chi connectivity index (χ4v) is 5.45. The summed E-state index contributed by atoms with van der Waals surface area (Å²) in [5.74, 6) is -3.44. The third kappa shape index (κ3) is 3.68. The van der Waals surface area contributed by atoms with Crippen molar-refractivity contribution in [2.45, 2.75) is 49.6 Å². The molecule has 3 aliphatic rings. The molecule has 2 aliphatic heterocycles. The number of halogens is 2. The monoisotopic (exact) mass is 439 g/mol. The Morgan fingerprint density at radius 2 is 1.66 bits per heavy atom. The molecule has 5 rings (SSSR count). The van der Waals surface area contributed by atoms with Gasteiger partial charge in [0, 0.05) is 45.1 Å². The Kier molecular flexibility index (Phi) is 5.24. The minimum Gasteiger partial charge on any atom is -0.351 e. The third-order valence-electron chi connectivity index (χ3n) is 7.19. The summed E-state index contributed by atoms with van der Waals surface area (Å²) in [5, 5.41) is 3.20. The molecule has 0 aromatic heterocycles. The average Bonchev–Trinajstić information content (AvgIpc) is 3.14. The zero-order valence-corrected chi connectivity index (χ0v) is 18.1. The van der Waals surface area contributed by atoms with Crippen LogP contribution < -0.4 is 10.2 Å². The number of piperidine rings is 1. The average molecular weight is 440 g/mol. The molecule has 0 radical (unpaired) electrons. The van der Waals surface area contributed by atoms with Crippen molar-refractivity contribution in [2.24, 2.45) is 0 Å². The van der Waals surface area contributed by atoms with E-state index in [0.717, 1.165) is 22.4 Å². The number of rotatable bonds is 3. The van der Waals surface area contributed by atoms with E-state index in [1.165, 1.54) is 0 Å². The van der Waals surface area contributed by atoms with E-state index in [0.29, 0.717) is 19.5 Å². The molecule has 0 bridgehead atoms. The fraction of sp³-hybridized carbons (Fsp3) is 0.440. The molecule has 2 heterocycles. The number of amides is 2. The van der Waals surface area contributed by atoms with Crippen LogP contribution in [0.4, 0.5) is 14.5 Å². The number of hydrogen-bond donors (Lipinski definition) is 1. The lowest BCUT2D eigenvalue weighted by Gasteiger charge is -2.39. The van der Waals surface area contributed by atoms with Crippen LogP contribution in [0.5, 0.6) is 0 Å². The second-order valence-electron chi connectivity index (χ2n) is 9.12. The normalized spacial score (nSPS) is 27.0. The van der Waals surface area contributed by atoms with Crippen LogP contribution in [0.2, 0.25) is 0 Å². The maximum atomic E-state index is 13.8. The molecule has 7 heteroatoms. The maximum Gasteiger partial charge on any atom is 0.250 e. The van der Waals surface area contributed by atoms with E-state index in [-0.39, 0.29) is 43.2 Å². The van der Waals surface area contributed by atoms with Gasteiger partial charge in [-0.2, -0.15) is 0 Å². The van der Waals surface area contributed by atoms with Crippen molar-refractivity contribution >= 4 is 17.5 Å². The lowest BCUT2D eigenvalue weighted by atomic mass is 9.88. The van der Waals surface area contributed by atoms with E-state index >= 15 is 0 Å². The van der Waals surface area contributed by atoms with Crippen molar-refractivity contribution in [2.75, 3.05) is 25.0 Å². The van der Waals surface area contributed by atoms with Crippen molar-refractivity contribution in [3.63, 3.8) is 0 Å². The van der Waals surface area contributed by atoms with E-state index in [4.69, 9.17) is 0 Å². The predicted molar refractivity (Wildman–Crippen MR) is 118 cm³/mol. The fourth-order valence-electron chi connectivity index (χ4n) is 5.45. The molecule has 5 nitrogen and oxygen atoms in total. The second kappa shape index (κ2) is 7.96. The number of para-hydroxylation sites is 1. The first-order chi connectivity index (χ1) is 15.3. The van der Waals surface area contributed by atoms with Crippen molar-refractivity contribution in [3.8, 4) is 0 Å². The van der Waals surface area contributed by atoms with Gasteiger partial charge in [-0.3, -0.25) is 14.5 Å². The highest BCUT2D eigenvalue weighted by Gasteiger charge is 2.43. The molecular formula is C25H27F2N3O2. The van der Waals surface area contributed by atoms with Gasteiger partial charge in [-0.05, 0) is 29.2 Å². The zero-order valence-electron chi connectivity index (χ0n) is 18.1. The molecule has 32 heavy (non-hydrogen) atoms. The number of nitrogens with one attached hydrogen (secondary N) is 1. The van der Waals surface area contributed by atoms with Gasteiger partial charge in [0.2, 0.25) is 11.8 Å². The minimum atomic E-state index is -2.62. The van der Waals surface area contributed by atoms with E-state index in [1.807, 2.05) is 48.5 Å². The Morgan fingerprint density at radius 1 is 1.00 bits per heavy atom. The summed E-state index contributed by atoms with van der Waals surface area (Å²) in [7, 11) is 1.73. The van der Waals surface area contributed by atoms with Gasteiger partial charge in [0.15, 0.2) is 0 Å². The molecule has 3 atom stereocenters. The summed E-state index contributed by atoms with van der Waals surface area (Å²) in [5.41, 5.74) is 3.84. The van der Waals surface area contributed by atoms with Crippen LogP contribution >= 0.6 is 0 Å². The zero-order chi connectivity index (χ0) is 22.5. The predicted octanol–water partition coefficient (Wildman–Crippen LogP) is 3.65. The molecular weight excluding hydrogens is 412 g/mol. The molecule has 2 amide bonds. The number of carbonyl (C=O) groups excluding carboxylic acids is 2. The Bertz CT molecular complexity index is 1050. The highest BCUT2D eigenvalue weighted by atomic mass is 19.3. The molecule has 0 spiro atoms. The van der Waals surface area contributed by atoms with Crippen molar-refractivity contribution in [1.29, 1.82) is 0 Å². The highest BCUT2D eigenvalue weighted by Crippen LogP contribution is 2.41. The summed E-state index contributed by atoms with van der Waals surface area (Å²) in [6.45, 7) is 0.599. The molecule has 1 fully saturated rings. The van der Waals surface area contributed by atoms with Gasteiger partial charge in [0.25, 0.3) is 5.92 Å². The summed E-state index contributed by atoms with van der Waals surface area (Å²) in [6, 6.07) is 15.2. The van der Waals surface area contributed by atoms with Crippen molar-refractivity contribution in [1.82, 2.24) is 10.2 Å². The first-order valence-corrected chi connectivity index (χ1v) is 11.2. The van der Waals surface area contributed by atoms with E-state index in [2.05, 4.69) is 10.2 Å². The Labute approximate surface area is 186 Å². The molecule has 2 aromatic rings. The molecule has 2 unspecified atom stereocenters. The molecule has 1 aliphatic carbocycles. The van der Waals surface area contributed by atoms with Gasteiger partial charge in [-0.15, -0.1) is 0 Å². The van der Waals surface area contributed by atoms with Gasteiger partial charge >= 0.3 is 0 Å². The molecule has 1 saturated heterocycles. The summed E-state index contributed by atoms with van der Waals surface area (Å²) < 4.78 is 27.6. The van der Waals surface area contributed by atoms with Crippen LogP contribution in [-0.2, 0) is 16.0 Å². The lowest BCUT2D eigenvalue weighted by molar-refractivity contribution is -0.128. The number of benzene rings is 2. The smallest absolute Gasteiger partial charge is 0.250 e. The highest BCUT2D eigenvalue weighted by molar-refractivity contribution is 6.02. The van der Waals surface area contributed by atoms with E-state index < -0.39 is 11.8 Å². The number of carbonyl (C=O) groups is 2. The van der Waals surface area contributed by atoms with Gasteiger partial charge in [0.05, 0.1) is 18.0 Å². The SMILES string of the molecule is CN1C(=O)C[C@H](C(=O)NC2Cc3ccccc3C2N2CCC(F)(F)CC2)c2ccccc21. The van der Waals surface area contributed by atoms with Gasteiger partial charge in [-0.25, -0.2) is 8.78 Å². The summed E-state index contributed by atoms with van der Waals surface area (Å²) in [6.07, 6.45) is 0.452. The van der Waals surface area contributed by atoms with E-state index in [1.54, 1.807) is 11.9 Å². The Balaban J connectivity index is 1.40. The standard InChI is InChI=1S/C25H27F2N3O2/c1-29-21-9-5-4-8-18(21)19(15-22(29)31)24(32)28-20-14-16-6-2-3-7-17(16)23(20)30-12-10-25(26,27)11-13-30/h2-9,19-20,23H,10-15H2,1H3,(H,28,32)/t19-,20?,23?/m0/s1. The minimum absolute atomic E-state index is 0.0895. The number of likely N-dealkylation sites (tertiary alicyclic amines) is 1. The molecule has 1 N–H and O–H groups in total. The first kappa shape index (κ1) is 21.1.